The van der Waals surface area contributed by atoms with Gasteiger partial charge in [-0.1, -0.05) is 48.5 Å². The molecule has 6 nitrogen and oxygen atoms in total. The number of carbonyl (C=O) groups excluding carboxylic acids is 1. The molecule has 1 aliphatic rings. The molecule has 0 saturated heterocycles. The first-order valence-corrected chi connectivity index (χ1v) is 8.14. The van der Waals surface area contributed by atoms with E-state index in [0.717, 1.165) is 5.56 Å². The molecule has 1 amide bonds. The van der Waals surface area contributed by atoms with Gasteiger partial charge in [-0.25, -0.2) is 5.01 Å². The van der Waals surface area contributed by atoms with Gasteiger partial charge in [-0.2, -0.15) is 0 Å². The van der Waals surface area contributed by atoms with Crippen LogP contribution in [-0.2, 0) is 4.84 Å². The van der Waals surface area contributed by atoms with Crippen LogP contribution < -0.4 is 10.2 Å². The molecule has 0 radical (unpaired) electrons. The Morgan fingerprint density at radius 1 is 1.24 bits per heavy atom. The Balaban J connectivity index is 1.88. The summed E-state index contributed by atoms with van der Waals surface area (Å²) in [6.45, 7) is 3.87. The third kappa shape index (κ3) is 3.28. The maximum atomic E-state index is 12.7. The van der Waals surface area contributed by atoms with E-state index in [0.29, 0.717) is 23.6 Å². The van der Waals surface area contributed by atoms with Gasteiger partial charge in [-0.3, -0.25) is 10.2 Å². The van der Waals surface area contributed by atoms with E-state index in [4.69, 9.17) is 9.57 Å². The van der Waals surface area contributed by atoms with E-state index in [-0.39, 0.29) is 5.91 Å². The van der Waals surface area contributed by atoms with E-state index in [9.17, 15) is 4.79 Å². The number of hydrogen-bond donors (Lipinski definition) is 1. The second-order valence-electron chi connectivity index (χ2n) is 5.91. The number of hydrazine groups is 1. The highest BCUT2D eigenvalue weighted by Crippen LogP contribution is 2.28. The fraction of sp³-hybridized carbons (Fsp3) is 0.263. The summed E-state index contributed by atoms with van der Waals surface area (Å²) in [7, 11) is 1.57. The number of amides is 1. The molecule has 2 aromatic rings. The van der Waals surface area contributed by atoms with Crippen LogP contribution in [0.5, 0.6) is 5.75 Å². The Morgan fingerprint density at radius 2 is 2.00 bits per heavy atom. The Hall–Kier alpha value is -3.02. The van der Waals surface area contributed by atoms with Crippen LogP contribution >= 0.6 is 0 Å². The first-order chi connectivity index (χ1) is 12.1. The topological polar surface area (TPSA) is 63.2 Å². The average molecular weight is 339 g/mol. The van der Waals surface area contributed by atoms with E-state index in [2.05, 4.69) is 10.6 Å². The summed E-state index contributed by atoms with van der Waals surface area (Å²) in [6, 6.07) is 16.6. The lowest BCUT2D eigenvalue weighted by atomic mass is 10.1. The summed E-state index contributed by atoms with van der Waals surface area (Å²) in [5.41, 5.74) is 3.53. The van der Waals surface area contributed by atoms with Crippen molar-refractivity contribution >= 4 is 11.7 Å². The zero-order valence-corrected chi connectivity index (χ0v) is 14.5. The minimum absolute atomic E-state index is 0.257. The maximum Gasteiger partial charge on any atom is 0.270 e. The molecule has 6 heteroatoms. The van der Waals surface area contributed by atoms with Crippen molar-refractivity contribution in [1.82, 2.24) is 10.4 Å². The lowest BCUT2D eigenvalue weighted by Gasteiger charge is -2.33. The van der Waals surface area contributed by atoms with Crippen molar-refractivity contribution in [3.8, 4) is 5.75 Å². The van der Waals surface area contributed by atoms with Crippen molar-refractivity contribution in [2.45, 2.75) is 26.0 Å². The van der Waals surface area contributed by atoms with Crippen molar-refractivity contribution < 1.29 is 14.4 Å². The van der Waals surface area contributed by atoms with Gasteiger partial charge < -0.3 is 9.57 Å². The fourth-order valence-corrected chi connectivity index (χ4v) is 2.54. The highest BCUT2D eigenvalue weighted by Gasteiger charge is 2.42. The minimum Gasteiger partial charge on any atom is -0.497 e. The number of benzene rings is 2. The van der Waals surface area contributed by atoms with Gasteiger partial charge >= 0.3 is 0 Å². The highest BCUT2D eigenvalue weighted by molar-refractivity contribution is 6.02. The largest absolute Gasteiger partial charge is 0.497 e. The van der Waals surface area contributed by atoms with Crippen molar-refractivity contribution in [3.05, 3.63) is 65.7 Å². The van der Waals surface area contributed by atoms with Gasteiger partial charge in [-0.15, -0.1) is 0 Å². The lowest BCUT2D eigenvalue weighted by Crippen LogP contribution is -2.55. The van der Waals surface area contributed by atoms with E-state index in [1.807, 2.05) is 44.2 Å². The Morgan fingerprint density at radius 3 is 2.68 bits per heavy atom. The number of amidine groups is 1. The Bertz CT molecular complexity index is 792. The van der Waals surface area contributed by atoms with Crippen LogP contribution in [0.2, 0.25) is 0 Å². The van der Waals surface area contributed by atoms with E-state index >= 15 is 0 Å². The minimum atomic E-state index is -0.750. The number of rotatable bonds is 5. The smallest absolute Gasteiger partial charge is 0.270 e. The summed E-state index contributed by atoms with van der Waals surface area (Å²) >= 11 is 0. The van der Waals surface area contributed by atoms with Crippen LogP contribution in [0, 0.1) is 0 Å². The molecule has 130 valence electrons. The SMILES string of the molecule is CCC1(C)ON=C(c2ccccc2)N1NC(=O)c1cccc(OC)c1. The number of ether oxygens (including phenoxy) is 1. The van der Waals surface area contributed by atoms with Crippen LogP contribution in [0.1, 0.15) is 36.2 Å². The van der Waals surface area contributed by atoms with Gasteiger partial charge in [0.1, 0.15) is 5.75 Å². The molecule has 1 N–H and O–H groups in total. The second kappa shape index (κ2) is 6.84. The molecule has 3 rings (SSSR count). The van der Waals surface area contributed by atoms with Gasteiger partial charge in [0.05, 0.1) is 7.11 Å². The standard InChI is InChI=1S/C19H21N3O3/c1-4-19(2)22(17(21-25-19)14-9-6-5-7-10-14)20-18(23)15-11-8-12-16(13-15)24-3/h5-13H,4H2,1-3H3,(H,20,23). The van der Waals surface area contributed by atoms with E-state index < -0.39 is 5.72 Å². The van der Waals surface area contributed by atoms with Crippen molar-refractivity contribution in [1.29, 1.82) is 0 Å². The van der Waals surface area contributed by atoms with Crippen molar-refractivity contribution in [2.24, 2.45) is 5.16 Å². The van der Waals surface area contributed by atoms with Gasteiger partial charge in [0.2, 0.25) is 5.72 Å². The van der Waals surface area contributed by atoms with Gasteiger partial charge in [0.25, 0.3) is 5.91 Å². The monoisotopic (exact) mass is 339 g/mol. The quantitative estimate of drug-likeness (QED) is 0.909. The Kier molecular flexibility index (Phi) is 4.61. The highest BCUT2D eigenvalue weighted by atomic mass is 16.7. The summed E-state index contributed by atoms with van der Waals surface area (Å²) < 4.78 is 5.19. The Labute approximate surface area is 147 Å². The zero-order valence-electron chi connectivity index (χ0n) is 14.5. The lowest BCUT2D eigenvalue weighted by molar-refractivity contribution is -0.0993. The third-order valence-corrected chi connectivity index (χ3v) is 4.25. The van der Waals surface area contributed by atoms with Gasteiger partial charge in [-0.05, 0) is 25.1 Å². The summed E-state index contributed by atoms with van der Waals surface area (Å²) in [5.74, 6) is 0.939. The summed E-state index contributed by atoms with van der Waals surface area (Å²) in [6.07, 6.45) is 0.644. The average Bonchev–Trinajstić information content (AvgIpc) is 2.99. The third-order valence-electron chi connectivity index (χ3n) is 4.25. The molecular formula is C19H21N3O3. The number of nitrogens with zero attached hydrogens (tertiary/aromatic N) is 2. The molecule has 0 fully saturated rings. The van der Waals surface area contributed by atoms with Crippen molar-refractivity contribution in [2.75, 3.05) is 7.11 Å². The molecule has 1 heterocycles. The molecule has 25 heavy (non-hydrogen) atoms. The summed E-state index contributed by atoms with van der Waals surface area (Å²) in [4.78, 5) is 18.4. The molecule has 1 aliphatic heterocycles. The van der Waals surface area contributed by atoms with Gasteiger partial charge in [0, 0.05) is 17.5 Å². The summed E-state index contributed by atoms with van der Waals surface area (Å²) in [5, 5.41) is 5.88. The second-order valence-corrected chi connectivity index (χ2v) is 5.91. The number of methoxy groups -OCH3 is 1. The number of oxime groups is 1. The van der Waals surface area contributed by atoms with Crippen LogP contribution in [0.3, 0.4) is 0 Å². The molecule has 0 bridgehead atoms. The maximum absolute atomic E-state index is 12.7. The first kappa shape index (κ1) is 16.8. The van der Waals surface area contributed by atoms with Crippen LogP contribution in [0.4, 0.5) is 0 Å². The van der Waals surface area contributed by atoms with Crippen LogP contribution in [-0.4, -0.2) is 29.6 Å². The number of nitrogens with one attached hydrogen (secondary N) is 1. The first-order valence-electron chi connectivity index (χ1n) is 8.14. The molecule has 1 unspecified atom stereocenters. The van der Waals surface area contributed by atoms with Crippen LogP contribution in [0.15, 0.2) is 59.8 Å². The predicted octanol–water partition coefficient (Wildman–Crippen LogP) is 3.16. The van der Waals surface area contributed by atoms with E-state index in [1.165, 1.54) is 0 Å². The molecule has 0 aliphatic carbocycles. The molecule has 1 atom stereocenters. The van der Waals surface area contributed by atoms with Crippen molar-refractivity contribution in [3.63, 3.8) is 0 Å². The normalized spacial score (nSPS) is 19.2. The molecule has 0 spiro atoms. The predicted molar refractivity (Wildman–Crippen MR) is 95.1 cm³/mol. The molecule has 0 aromatic heterocycles. The zero-order chi connectivity index (χ0) is 17.9. The molecule has 2 aromatic carbocycles. The molecular weight excluding hydrogens is 318 g/mol. The molecule has 0 saturated carbocycles. The number of hydrogen-bond acceptors (Lipinski definition) is 5. The van der Waals surface area contributed by atoms with Crippen LogP contribution in [0.25, 0.3) is 0 Å². The van der Waals surface area contributed by atoms with Gasteiger partial charge in [0.15, 0.2) is 5.84 Å². The fourth-order valence-electron chi connectivity index (χ4n) is 2.54. The van der Waals surface area contributed by atoms with E-state index in [1.54, 1.807) is 36.4 Å². The number of carbonyl (C=O) groups is 1.